The number of rotatable bonds is 1. The molecule has 0 radical (unpaired) electrons. The van der Waals surface area contributed by atoms with Gasteiger partial charge in [0.25, 0.3) is 0 Å². The molecule has 0 saturated carbocycles. The molecule has 2 unspecified atom stereocenters. The van der Waals surface area contributed by atoms with Crippen LogP contribution in [0.25, 0.3) is 0 Å². The molecular weight excluding hydrogens is 209 g/mol. The second kappa shape index (κ2) is 4.38. The molecule has 3 nitrogen and oxygen atoms in total. The number of carbonyl (C=O) groups excluding carboxylic acids is 1. The predicted octanol–water partition coefficient (Wildman–Crippen LogP) is 1.13. The van der Waals surface area contributed by atoms with E-state index in [0.29, 0.717) is 18.8 Å². The monoisotopic (exact) mass is 224 g/mol. The van der Waals surface area contributed by atoms with Crippen LogP contribution in [-0.4, -0.2) is 36.1 Å². The summed E-state index contributed by atoms with van der Waals surface area (Å²) < 4.78 is 36.6. The molecule has 1 heterocycles. The van der Waals surface area contributed by atoms with Crippen LogP contribution in [-0.2, 0) is 4.79 Å². The second-order valence-corrected chi connectivity index (χ2v) is 4.02. The first-order chi connectivity index (χ1) is 6.86. The van der Waals surface area contributed by atoms with Crippen LogP contribution in [0.5, 0.6) is 0 Å². The summed E-state index contributed by atoms with van der Waals surface area (Å²) in [5.41, 5.74) is 5.38. The number of hydrogen-bond donors (Lipinski definition) is 1. The van der Waals surface area contributed by atoms with Gasteiger partial charge in [-0.15, -0.1) is 0 Å². The molecule has 1 aliphatic heterocycles. The molecule has 15 heavy (non-hydrogen) atoms. The lowest BCUT2D eigenvalue weighted by atomic mass is 9.92. The average molecular weight is 224 g/mol. The van der Waals surface area contributed by atoms with Crippen molar-refractivity contribution in [2.45, 2.75) is 32.0 Å². The molecule has 6 heteroatoms. The van der Waals surface area contributed by atoms with Gasteiger partial charge < -0.3 is 10.6 Å². The van der Waals surface area contributed by atoms with Gasteiger partial charge in [0.05, 0.1) is 0 Å². The van der Waals surface area contributed by atoms with Gasteiger partial charge in [0.2, 0.25) is 0 Å². The smallest absolute Gasteiger partial charge is 0.331 e. The number of alkyl halides is 3. The van der Waals surface area contributed by atoms with Gasteiger partial charge in [-0.25, -0.2) is 0 Å². The molecule has 0 aromatic carbocycles. The summed E-state index contributed by atoms with van der Waals surface area (Å²) in [5.74, 6) is -1.43. The first kappa shape index (κ1) is 12.3. The van der Waals surface area contributed by atoms with Crippen LogP contribution in [0.4, 0.5) is 13.2 Å². The molecule has 0 bridgehead atoms. The minimum Gasteiger partial charge on any atom is -0.331 e. The highest BCUT2D eigenvalue weighted by molar-refractivity contribution is 5.82. The van der Waals surface area contributed by atoms with Crippen LogP contribution in [0.1, 0.15) is 19.8 Å². The van der Waals surface area contributed by atoms with Gasteiger partial charge in [0.1, 0.15) is 0 Å². The van der Waals surface area contributed by atoms with Crippen molar-refractivity contribution >= 4 is 5.91 Å². The highest BCUT2D eigenvalue weighted by Crippen LogP contribution is 2.27. The Balaban J connectivity index is 2.72. The number of likely N-dealkylation sites (tertiary alicyclic amines) is 1. The highest BCUT2D eigenvalue weighted by atomic mass is 19.4. The van der Waals surface area contributed by atoms with E-state index < -0.39 is 18.1 Å². The van der Waals surface area contributed by atoms with E-state index in [1.54, 1.807) is 0 Å². The maximum Gasteiger partial charge on any atom is 0.471 e. The maximum absolute atomic E-state index is 12.2. The Labute approximate surface area is 86.4 Å². The summed E-state index contributed by atoms with van der Waals surface area (Å²) in [6.45, 7) is 2.20. The van der Waals surface area contributed by atoms with Gasteiger partial charge in [-0.05, 0) is 18.8 Å². The number of nitrogens with zero attached hydrogens (tertiary/aromatic N) is 1. The maximum atomic E-state index is 12.2. The Hall–Kier alpha value is -0.780. The number of hydrogen-bond acceptors (Lipinski definition) is 2. The van der Waals surface area contributed by atoms with E-state index in [2.05, 4.69) is 0 Å². The zero-order valence-corrected chi connectivity index (χ0v) is 8.55. The first-order valence-electron chi connectivity index (χ1n) is 4.94. The van der Waals surface area contributed by atoms with Crippen molar-refractivity contribution in [2.24, 2.45) is 11.7 Å². The van der Waals surface area contributed by atoms with Gasteiger partial charge in [-0.3, -0.25) is 4.79 Å². The van der Waals surface area contributed by atoms with E-state index >= 15 is 0 Å². The number of halogens is 3. The quantitative estimate of drug-likeness (QED) is 0.725. The van der Waals surface area contributed by atoms with E-state index in [9.17, 15) is 18.0 Å². The Morgan fingerprint density at radius 3 is 2.60 bits per heavy atom. The number of nitrogens with two attached hydrogens (primary N) is 1. The zero-order valence-electron chi connectivity index (χ0n) is 8.55. The molecule has 0 aromatic rings. The van der Waals surface area contributed by atoms with Crippen molar-refractivity contribution in [3.05, 3.63) is 0 Å². The van der Waals surface area contributed by atoms with Crippen molar-refractivity contribution < 1.29 is 18.0 Å². The SMILES string of the molecule is CC1CCN(C(=O)C(F)(F)F)C(CN)C1. The largest absolute Gasteiger partial charge is 0.471 e. The van der Waals surface area contributed by atoms with Crippen LogP contribution in [0.2, 0.25) is 0 Å². The fourth-order valence-corrected chi connectivity index (χ4v) is 1.91. The lowest BCUT2D eigenvalue weighted by Gasteiger charge is -2.38. The third-order valence-electron chi connectivity index (χ3n) is 2.75. The predicted molar refractivity (Wildman–Crippen MR) is 49.0 cm³/mol. The Bertz CT molecular complexity index is 242. The van der Waals surface area contributed by atoms with Gasteiger partial charge in [-0.2, -0.15) is 13.2 Å². The standard InChI is InChI=1S/C9H15F3N2O/c1-6-2-3-14(7(4-6)5-13)8(15)9(10,11)12/h6-7H,2-5,13H2,1H3. The lowest BCUT2D eigenvalue weighted by molar-refractivity contribution is -0.189. The summed E-state index contributed by atoms with van der Waals surface area (Å²) >= 11 is 0. The summed E-state index contributed by atoms with van der Waals surface area (Å²) in [5, 5.41) is 0. The fourth-order valence-electron chi connectivity index (χ4n) is 1.91. The molecule has 2 N–H and O–H groups in total. The first-order valence-corrected chi connectivity index (χ1v) is 4.94. The van der Waals surface area contributed by atoms with E-state index in [-0.39, 0.29) is 13.1 Å². The van der Waals surface area contributed by atoms with Crippen molar-refractivity contribution in [3.63, 3.8) is 0 Å². The molecule has 2 atom stereocenters. The third kappa shape index (κ3) is 2.84. The van der Waals surface area contributed by atoms with Crippen LogP contribution < -0.4 is 5.73 Å². The van der Waals surface area contributed by atoms with Gasteiger partial charge in [0, 0.05) is 19.1 Å². The van der Waals surface area contributed by atoms with E-state index in [0.717, 1.165) is 4.90 Å². The lowest BCUT2D eigenvalue weighted by Crippen LogP contribution is -2.53. The highest BCUT2D eigenvalue weighted by Gasteiger charge is 2.45. The molecular formula is C9H15F3N2O. The molecule has 0 aromatic heterocycles. The van der Waals surface area contributed by atoms with E-state index in [1.165, 1.54) is 0 Å². The molecule has 1 saturated heterocycles. The number of carbonyl (C=O) groups is 1. The van der Waals surface area contributed by atoms with Gasteiger partial charge in [0.15, 0.2) is 0 Å². The summed E-state index contributed by atoms with van der Waals surface area (Å²) in [6, 6.07) is -0.470. The van der Waals surface area contributed by atoms with Gasteiger partial charge >= 0.3 is 12.1 Å². The van der Waals surface area contributed by atoms with Crippen LogP contribution >= 0.6 is 0 Å². The Morgan fingerprint density at radius 2 is 2.13 bits per heavy atom. The van der Waals surface area contributed by atoms with Crippen LogP contribution in [0.15, 0.2) is 0 Å². The molecule has 0 spiro atoms. The third-order valence-corrected chi connectivity index (χ3v) is 2.75. The van der Waals surface area contributed by atoms with E-state index in [1.807, 2.05) is 6.92 Å². The summed E-state index contributed by atoms with van der Waals surface area (Å²) in [6.07, 6.45) is -3.62. The summed E-state index contributed by atoms with van der Waals surface area (Å²) in [4.78, 5) is 11.9. The topological polar surface area (TPSA) is 46.3 Å². The van der Waals surface area contributed by atoms with Crippen LogP contribution in [0.3, 0.4) is 0 Å². The molecule has 1 fully saturated rings. The normalized spacial score (nSPS) is 27.9. The fraction of sp³-hybridized carbons (Fsp3) is 0.889. The van der Waals surface area contributed by atoms with Crippen molar-refractivity contribution in [1.82, 2.24) is 4.90 Å². The average Bonchev–Trinajstić information content (AvgIpc) is 2.15. The molecule has 88 valence electrons. The Kier molecular flexibility index (Phi) is 3.59. The minimum atomic E-state index is -4.78. The van der Waals surface area contributed by atoms with E-state index in [4.69, 9.17) is 5.73 Å². The van der Waals surface area contributed by atoms with Crippen molar-refractivity contribution in [2.75, 3.05) is 13.1 Å². The minimum absolute atomic E-state index is 0.0894. The van der Waals surface area contributed by atoms with Gasteiger partial charge in [-0.1, -0.05) is 6.92 Å². The van der Waals surface area contributed by atoms with Crippen molar-refractivity contribution in [3.8, 4) is 0 Å². The molecule has 1 rings (SSSR count). The number of piperidine rings is 1. The number of amides is 1. The van der Waals surface area contributed by atoms with Crippen molar-refractivity contribution in [1.29, 1.82) is 0 Å². The second-order valence-electron chi connectivity index (χ2n) is 4.02. The Morgan fingerprint density at radius 1 is 1.53 bits per heavy atom. The zero-order chi connectivity index (χ0) is 11.6. The summed E-state index contributed by atoms with van der Waals surface area (Å²) in [7, 11) is 0. The molecule has 1 amide bonds. The van der Waals surface area contributed by atoms with Crippen LogP contribution in [0, 0.1) is 5.92 Å². The molecule has 0 aliphatic carbocycles. The molecule has 1 aliphatic rings.